The van der Waals surface area contributed by atoms with Crippen LogP contribution in [-0.2, 0) is 4.79 Å². The highest BCUT2D eigenvalue weighted by atomic mass is 16.2. The van der Waals surface area contributed by atoms with Crippen LogP contribution >= 0.6 is 0 Å². The normalized spacial score (nSPS) is 24.0. The third-order valence-corrected chi connectivity index (χ3v) is 6.40. The number of carbonyl (C=O) groups excluding carboxylic acids is 2. The number of likely N-dealkylation sites (tertiary alicyclic amines) is 2. The predicted octanol–water partition coefficient (Wildman–Crippen LogP) is 3.29. The number of hydrogen-bond acceptors (Lipinski definition) is 2. The topological polar surface area (TPSA) is 52.7 Å². The van der Waals surface area contributed by atoms with Crippen LogP contribution < -0.4 is 5.32 Å². The molecular formula is C22H31N3O2. The van der Waals surface area contributed by atoms with Crippen molar-refractivity contribution >= 4 is 11.9 Å². The van der Waals surface area contributed by atoms with Crippen LogP contribution in [0.4, 0.5) is 4.79 Å². The van der Waals surface area contributed by atoms with Gasteiger partial charge in [-0.25, -0.2) is 4.79 Å². The fraction of sp³-hybridized carbons (Fsp3) is 0.636. The molecule has 4 rings (SSSR count). The standard InChI is InChI=1S/C22H31N3O2/c1-16-5-2-3-7-20(16)18-6-4-12-25(15-18)22(27)23-19-10-13-24(14-11-19)21(26)17-8-9-17/h2-3,5,7,17-19H,4,6,8-15H2,1H3,(H,23,27). The lowest BCUT2D eigenvalue weighted by Gasteiger charge is -2.37. The molecule has 3 fully saturated rings. The molecule has 146 valence electrons. The maximum atomic E-state index is 12.8. The molecule has 27 heavy (non-hydrogen) atoms. The first-order valence-electron chi connectivity index (χ1n) is 10.5. The molecule has 0 spiro atoms. The Bertz CT molecular complexity index is 693. The smallest absolute Gasteiger partial charge is 0.317 e. The van der Waals surface area contributed by atoms with E-state index in [1.807, 2.05) is 9.80 Å². The van der Waals surface area contributed by atoms with Crippen molar-refractivity contribution in [3.05, 3.63) is 35.4 Å². The van der Waals surface area contributed by atoms with E-state index in [-0.39, 0.29) is 12.1 Å². The Hall–Kier alpha value is -2.04. The molecule has 2 aliphatic heterocycles. The zero-order valence-corrected chi connectivity index (χ0v) is 16.3. The molecule has 0 radical (unpaired) electrons. The highest BCUT2D eigenvalue weighted by Crippen LogP contribution is 2.32. The summed E-state index contributed by atoms with van der Waals surface area (Å²) >= 11 is 0. The summed E-state index contributed by atoms with van der Waals surface area (Å²) in [5.41, 5.74) is 2.69. The van der Waals surface area contributed by atoms with Crippen molar-refractivity contribution in [2.75, 3.05) is 26.2 Å². The first-order chi connectivity index (χ1) is 13.1. The molecule has 1 N–H and O–H groups in total. The van der Waals surface area contributed by atoms with E-state index in [9.17, 15) is 9.59 Å². The van der Waals surface area contributed by atoms with Crippen molar-refractivity contribution in [1.82, 2.24) is 15.1 Å². The Morgan fingerprint density at radius 1 is 0.963 bits per heavy atom. The van der Waals surface area contributed by atoms with Gasteiger partial charge in [-0.1, -0.05) is 24.3 Å². The van der Waals surface area contributed by atoms with Gasteiger partial charge in [0.25, 0.3) is 0 Å². The van der Waals surface area contributed by atoms with E-state index in [1.165, 1.54) is 11.1 Å². The number of nitrogens with one attached hydrogen (secondary N) is 1. The minimum atomic E-state index is 0.0697. The minimum Gasteiger partial charge on any atom is -0.342 e. The molecule has 1 aromatic rings. The third kappa shape index (κ3) is 4.28. The highest BCUT2D eigenvalue weighted by Gasteiger charge is 2.35. The number of amides is 3. The second kappa shape index (κ2) is 7.91. The fourth-order valence-corrected chi connectivity index (χ4v) is 4.56. The van der Waals surface area contributed by atoms with Gasteiger partial charge >= 0.3 is 6.03 Å². The van der Waals surface area contributed by atoms with E-state index >= 15 is 0 Å². The average molecular weight is 370 g/mol. The molecule has 2 heterocycles. The molecule has 1 aliphatic carbocycles. The zero-order valence-electron chi connectivity index (χ0n) is 16.3. The van der Waals surface area contributed by atoms with Crippen LogP contribution in [-0.4, -0.2) is 54.0 Å². The molecule has 5 heteroatoms. The van der Waals surface area contributed by atoms with Crippen LogP contribution in [0.15, 0.2) is 24.3 Å². The van der Waals surface area contributed by atoms with E-state index in [2.05, 4.69) is 36.5 Å². The van der Waals surface area contributed by atoms with Crippen LogP contribution in [0, 0.1) is 12.8 Å². The predicted molar refractivity (Wildman–Crippen MR) is 106 cm³/mol. The van der Waals surface area contributed by atoms with Gasteiger partial charge in [0.2, 0.25) is 5.91 Å². The lowest BCUT2D eigenvalue weighted by Crippen LogP contribution is -2.52. The van der Waals surface area contributed by atoms with Crippen molar-refractivity contribution in [2.24, 2.45) is 5.92 Å². The summed E-state index contributed by atoms with van der Waals surface area (Å²) in [5, 5.41) is 3.23. The van der Waals surface area contributed by atoms with Gasteiger partial charge in [-0.15, -0.1) is 0 Å². The van der Waals surface area contributed by atoms with E-state index in [1.54, 1.807) is 0 Å². The number of carbonyl (C=O) groups is 2. The summed E-state index contributed by atoms with van der Waals surface area (Å²) < 4.78 is 0. The number of rotatable bonds is 3. The van der Waals surface area contributed by atoms with Crippen molar-refractivity contribution in [1.29, 1.82) is 0 Å². The summed E-state index contributed by atoms with van der Waals surface area (Å²) in [5.74, 6) is 1.06. The Morgan fingerprint density at radius 2 is 1.70 bits per heavy atom. The van der Waals surface area contributed by atoms with Gasteiger partial charge in [0.05, 0.1) is 0 Å². The van der Waals surface area contributed by atoms with E-state index in [0.29, 0.717) is 17.7 Å². The number of benzene rings is 1. The van der Waals surface area contributed by atoms with Gasteiger partial charge in [0, 0.05) is 44.1 Å². The minimum absolute atomic E-state index is 0.0697. The quantitative estimate of drug-likeness (QED) is 0.889. The Balaban J connectivity index is 1.28. The molecule has 1 aromatic carbocycles. The van der Waals surface area contributed by atoms with E-state index in [4.69, 9.17) is 0 Å². The summed E-state index contributed by atoms with van der Waals surface area (Å²) in [6, 6.07) is 8.80. The van der Waals surface area contributed by atoms with Crippen molar-refractivity contribution in [3.63, 3.8) is 0 Å². The average Bonchev–Trinajstić information content (AvgIpc) is 3.54. The van der Waals surface area contributed by atoms with Crippen molar-refractivity contribution in [2.45, 2.75) is 57.4 Å². The van der Waals surface area contributed by atoms with Gasteiger partial charge in [-0.2, -0.15) is 0 Å². The van der Waals surface area contributed by atoms with Crippen molar-refractivity contribution in [3.8, 4) is 0 Å². The SMILES string of the molecule is Cc1ccccc1C1CCCN(C(=O)NC2CCN(C(=O)C3CC3)CC2)C1. The molecule has 1 atom stereocenters. The number of urea groups is 1. The molecule has 5 nitrogen and oxygen atoms in total. The summed E-state index contributed by atoms with van der Waals surface area (Å²) in [6.45, 7) is 5.37. The summed E-state index contributed by atoms with van der Waals surface area (Å²) in [6.07, 6.45) is 6.08. The molecule has 0 aromatic heterocycles. The van der Waals surface area contributed by atoms with Gasteiger partial charge in [-0.05, 0) is 56.6 Å². The van der Waals surface area contributed by atoms with Crippen LogP contribution in [0.3, 0.4) is 0 Å². The second-order valence-electron chi connectivity index (χ2n) is 8.47. The number of nitrogens with zero attached hydrogens (tertiary/aromatic N) is 2. The molecule has 1 unspecified atom stereocenters. The lowest BCUT2D eigenvalue weighted by atomic mass is 9.88. The molecule has 3 amide bonds. The number of aryl methyl sites for hydroxylation is 1. The number of piperidine rings is 2. The van der Waals surface area contributed by atoms with Crippen LogP contribution in [0.2, 0.25) is 0 Å². The first-order valence-corrected chi connectivity index (χ1v) is 10.5. The summed E-state index contributed by atoms with van der Waals surface area (Å²) in [7, 11) is 0. The van der Waals surface area contributed by atoms with Crippen LogP contribution in [0.25, 0.3) is 0 Å². The Kier molecular flexibility index (Phi) is 5.37. The summed E-state index contributed by atoms with van der Waals surface area (Å²) in [4.78, 5) is 28.9. The van der Waals surface area contributed by atoms with Gasteiger partial charge < -0.3 is 15.1 Å². The Morgan fingerprint density at radius 3 is 2.41 bits per heavy atom. The molecular weight excluding hydrogens is 338 g/mol. The van der Waals surface area contributed by atoms with Gasteiger partial charge in [0.15, 0.2) is 0 Å². The van der Waals surface area contributed by atoms with E-state index in [0.717, 1.165) is 64.7 Å². The number of hydrogen-bond donors (Lipinski definition) is 1. The highest BCUT2D eigenvalue weighted by molar-refractivity contribution is 5.81. The van der Waals surface area contributed by atoms with E-state index < -0.39 is 0 Å². The largest absolute Gasteiger partial charge is 0.342 e. The van der Waals surface area contributed by atoms with Crippen molar-refractivity contribution < 1.29 is 9.59 Å². The molecule has 2 saturated heterocycles. The van der Waals surface area contributed by atoms with Gasteiger partial charge in [-0.3, -0.25) is 4.79 Å². The molecule has 0 bridgehead atoms. The third-order valence-electron chi connectivity index (χ3n) is 6.40. The first kappa shape index (κ1) is 18.3. The maximum absolute atomic E-state index is 12.8. The zero-order chi connectivity index (χ0) is 18.8. The maximum Gasteiger partial charge on any atom is 0.317 e. The molecule has 3 aliphatic rings. The monoisotopic (exact) mass is 369 g/mol. The second-order valence-corrected chi connectivity index (χ2v) is 8.47. The fourth-order valence-electron chi connectivity index (χ4n) is 4.56. The van der Waals surface area contributed by atoms with Crippen LogP contribution in [0.1, 0.15) is 55.6 Å². The Labute approximate surface area is 162 Å². The lowest BCUT2D eigenvalue weighted by molar-refractivity contribution is -0.133. The molecule has 1 saturated carbocycles. The van der Waals surface area contributed by atoms with Crippen LogP contribution in [0.5, 0.6) is 0 Å². The van der Waals surface area contributed by atoms with Gasteiger partial charge in [0.1, 0.15) is 0 Å².